The zero-order valence-electron chi connectivity index (χ0n) is 11.6. The summed E-state index contributed by atoms with van der Waals surface area (Å²) in [6.45, 7) is 4.97. The quantitative estimate of drug-likeness (QED) is 0.666. The molecule has 2 unspecified atom stereocenters. The average Bonchev–Trinajstić information content (AvgIpc) is 2.37. The lowest BCUT2D eigenvalue weighted by molar-refractivity contribution is -0.130. The lowest BCUT2D eigenvalue weighted by atomic mass is 10.0. The van der Waals surface area contributed by atoms with Gasteiger partial charge in [0.15, 0.2) is 0 Å². The molecule has 3 N–H and O–H groups in total. The monoisotopic (exact) mass is 255 g/mol. The van der Waals surface area contributed by atoms with E-state index in [2.05, 4.69) is 16.0 Å². The number of nitrogens with one attached hydrogen (secondary N) is 3. The molecule has 1 rings (SSSR count). The third kappa shape index (κ3) is 4.64. The largest absolute Gasteiger partial charge is 0.357 e. The van der Waals surface area contributed by atoms with Crippen LogP contribution in [0.25, 0.3) is 0 Å². The van der Waals surface area contributed by atoms with E-state index in [1.165, 1.54) is 0 Å². The Morgan fingerprint density at radius 3 is 2.56 bits per heavy atom. The number of hydrogen-bond acceptors (Lipinski definition) is 3. The minimum atomic E-state index is -0.425. The van der Waals surface area contributed by atoms with Crippen molar-refractivity contribution in [3.05, 3.63) is 0 Å². The molecule has 1 fully saturated rings. The lowest BCUT2D eigenvalue weighted by Crippen LogP contribution is -2.53. The second-order valence-electron chi connectivity index (χ2n) is 5.31. The standard InChI is InChI=1S/C13H25N3O2/c1-9(2)8-11(12(17)14-3)16-13(18)10-6-4-5-7-15-10/h9-11,15H,4-8H2,1-3H3,(H,14,17)(H,16,18). The number of carbonyl (C=O) groups is 2. The van der Waals surface area contributed by atoms with Crippen LogP contribution in [-0.2, 0) is 9.59 Å². The van der Waals surface area contributed by atoms with Crippen LogP contribution in [0.2, 0.25) is 0 Å². The molecule has 0 spiro atoms. The maximum Gasteiger partial charge on any atom is 0.242 e. The normalized spacial score (nSPS) is 21.4. The van der Waals surface area contributed by atoms with Gasteiger partial charge in [-0.05, 0) is 31.7 Å². The Labute approximate surface area is 109 Å². The van der Waals surface area contributed by atoms with Crippen molar-refractivity contribution in [2.24, 2.45) is 5.92 Å². The van der Waals surface area contributed by atoms with Gasteiger partial charge in [0.05, 0.1) is 6.04 Å². The van der Waals surface area contributed by atoms with Crippen LogP contribution < -0.4 is 16.0 Å². The third-order valence-electron chi connectivity index (χ3n) is 3.21. The summed E-state index contributed by atoms with van der Waals surface area (Å²) in [5.41, 5.74) is 0. The molecule has 2 atom stereocenters. The average molecular weight is 255 g/mol. The predicted molar refractivity (Wildman–Crippen MR) is 71.1 cm³/mol. The molecule has 5 nitrogen and oxygen atoms in total. The van der Waals surface area contributed by atoms with E-state index in [1.54, 1.807) is 7.05 Å². The molecule has 2 amide bonds. The van der Waals surface area contributed by atoms with E-state index in [0.717, 1.165) is 25.8 Å². The first-order valence-corrected chi connectivity index (χ1v) is 6.80. The van der Waals surface area contributed by atoms with Crippen molar-refractivity contribution in [3.8, 4) is 0 Å². The van der Waals surface area contributed by atoms with Gasteiger partial charge >= 0.3 is 0 Å². The van der Waals surface area contributed by atoms with Crippen molar-refractivity contribution in [2.45, 2.75) is 51.6 Å². The molecule has 1 aliphatic heterocycles. The number of rotatable bonds is 5. The van der Waals surface area contributed by atoms with E-state index >= 15 is 0 Å². The van der Waals surface area contributed by atoms with Gasteiger partial charge < -0.3 is 16.0 Å². The molecule has 1 heterocycles. The molecule has 1 aliphatic rings. The van der Waals surface area contributed by atoms with E-state index < -0.39 is 6.04 Å². The maximum absolute atomic E-state index is 12.1. The van der Waals surface area contributed by atoms with Gasteiger partial charge in [-0.15, -0.1) is 0 Å². The molecule has 0 aromatic rings. The van der Waals surface area contributed by atoms with E-state index in [-0.39, 0.29) is 17.9 Å². The van der Waals surface area contributed by atoms with Crippen LogP contribution in [0, 0.1) is 5.92 Å². The van der Waals surface area contributed by atoms with Crippen LogP contribution >= 0.6 is 0 Å². The highest BCUT2D eigenvalue weighted by Crippen LogP contribution is 2.09. The van der Waals surface area contributed by atoms with Crippen molar-refractivity contribution < 1.29 is 9.59 Å². The Bertz CT molecular complexity index is 286. The van der Waals surface area contributed by atoms with Gasteiger partial charge in [-0.2, -0.15) is 0 Å². The van der Waals surface area contributed by atoms with Crippen molar-refractivity contribution in [2.75, 3.05) is 13.6 Å². The molecule has 0 saturated carbocycles. The number of amides is 2. The second-order valence-corrected chi connectivity index (χ2v) is 5.31. The van der Waals surface area contributed by atoms with Gasteiger partial charge in [0.2, 0.25) is 11.8 Å². The minimum Gasteiger partial charge on any atom is -0.357 e. The number of piperidine rings is 1. The van der Waals surface area contributed by atoms with Crippen LogP contribution in [0.3, 0.4) is 0 Å². The predicted octanol–water partition coefficient (Wildman–Crippen LogP) is 0.405. The van der Waals surface area contributed by atoms with Crippen LogP contribution in [0.1, 0.15) is 39.5 Å². The Hall–Kier alpha value is -1.10. The van der Waals surface area contributed by atoms with Gasteiger partial charge in [-0.1, -0.05) is 20.3 Å². The molecule has 0 radical (unpaired) electrons. The second kappa shape index (κ2) is 7.36. The molecule has 0 aromatic carbocycles. The molecule has 0 aromatic heterocycles. The van der Waals surface area contributed by atoms with E-state index in [1.807, 2.05) is 13.8 Å². The summed E-state index contributed by atoms with van der Waals surface area (Å²) in [4.78, 5) is 23.8. The summed E-state index contributed by atoms with van der Waals surface area (Å²) < 4.78 is 0. The summed E-state index contributed by atoms with van der Waals surface area (Å²) in [6, 6.07) is -0.565. The number of carbonyl (C=O) groups excluding carboxylic acids is 2. The van der Waals surface area contributed by atoms with Gasteiger partial charge in [-0.3, -0.25) is 9.59 Å². The van der Waals surface area contributed by atoms with Gasteiger partial charge in [0, 0.05) is 7.05 Å². The van der Waals surface area contributed by atoms with Crippen molar-refractivity contribution in [1.82, 2.24) is 16.0 Å². The van der Waals surface area contributed by atoms with E-state index in [9.17, 15) is 9.59 Å². The summed E-state index contributed by atoms with van der Waals surface area (Å²) in [5.74, 6) is 0.198. The highest BCUT2D eigenvalue weighted by molar-refractivity contribution is 5.89. The van der Waals surface area contributed by atoms with Crippen LogP contribution in [-0.4, -0.2) is 37.5 Å². The highest BCUT2D eigenvalue weighted by Gasteiger charge is 2.26. The van der Waals surface area contributed by atoms with Gasteiger partial charge in [-0.25, -0.2) is 0 Å². The molecule has 5 heteroatoms. The Morgan fingerprint density at radius 2 is 2.06 bits per heavy atom. The zero-order chi connectivity index (χ0) is 13.5. The molecular weight excluding hydrogens is 230 g/mol. The number of hydrogen-bond donors (Lipinski definition) is 3. The fourth-order valence-corrected chi connectivity index (χ4v) is 2.23. The molecule has 0 aliphatic carbocycles. The summed E-state index contributed by atoms with van der Waals surface area (Å²) in [7, 11) is 1.60. The third-order valence-corrected chi connectivity index (χ3v) is 3.21. The minimum absolute atomic E-state index is 0.0519. The first-order chi connectivity index (χ1) is 8.54. The molecule has 104 valence electrons. The van der Waals surface area contributed by atoms with Crippen LogP contribution in [0.4, 0.5) is 0 Å². The van der Waals surface area contributed by atoms with E-state index in [4.69, 9.17) is 0 Å². The smallest absolute Gasteiger partial charge is 0.242 e. The zero-order valence-corrected chi connectivity index (χ0v) is 11.6. The summed E-state index contributed by atoms with van der Waals surface area (Å²) in [6.07, 6.45) is 3.71. The Morgan fingerprint density at radius 1 is 1.33 bits per heavy atom. The Kier molecular flexibility index (Phi) is 6.12. The fourth-order valence-electron chi connectivity index (χ4n) is 2.23. The molecule has 18 heavy (non-hydrogen) atoms. The van der Waals surface area contributed by atoms with Crippen LogP contribution in [0.5, 0.6) is 0 Å². The molecule has 1 saturated heterocycles. The fraction of sp³-hybridized carbons (Fsp3) is 0.846. The SMILES string of the molecule is CNC(=O)C(CC(C)C)NC(=O)C1CCCCN1. The van der Waals surface area contributed by atoms with Crippen molar-refractivity contribution in [1.29, 1.82) is 0 Å². The maximum atomic E-state index is 12.1. The highest BCUT2D eigenvalue weighted by atomic mass is 16.2. The van der Waals surface area contributed by atoms with E-state index in [0.29, 0.717) is 12.3 Å². The van der Waals surface area contributed by atoms with Crippen molar-refractivity contribution >= 4 is 11.8 Å². The van der Waals surface area contributed by atoms with Crippen molar-refractivity contribution in [3.63, 3.8) is 0 Å². The Balaban J connectivity index is 2.52. The molecular formula is C13H25N3O2. The topological polar surface area (TPSA) is 70.2 Å². The van der Waals surface area contributed by atoms with Gasteiger partial charge in [0.25, 0.3) is 0 Å². The lowest BCUT2D eigenvalue weighted by Gasteiger charge is -2.26. The van der Waals surface area contributed by atoms with Crippen LogP contribution in [0.15, 0.2) is 0 Å². The number of likely N-dealkylation sites (N-methyl/N-ethyl adjacent to an activating group) is 1. The first-order valence-electron chi connectivity index (χ1n) is 6.80. The first kappa shape index (κ1) is 15.0. The molecule has 0 bridgehead atoms. The summed E-state index contributed by atoms with van der Waals surface area (Å²) >= 11 is 0. The van der Waals surface area contributed by atoms with Gasteiger partial charge in [0.1, 0.15) is 6.04 Å². The summed E-state index contributed by atoms with van der Waals surface area (Å²) in [5, 5.41) is 8.65.